The Morgan fingerprint density at radius 1 is 1.31 bits per heavy atom. The normalized spacial score (nSPS) is 16.1. The number of aliphatic imine (C=N–C) groups is 1. The number of hydrogen-bond donors (Lipinski definition) is 1. The van der Waals surface area contributed by atoms with E-state index in [1.54, 1.807) is 7.11 Å². The minimum Gasteiger partial charge on any atom is -0.496 e. The Hall–Kier alpha value is -1.02. The summed E-state index contributed by atoms with van der Waals surface area (Å²) in [7, 11) is 5.62. The summed E-state index contributed by atoms with van der Waals surface area (Å²) in [5.74, 6) is 2.75. The Bertz CT molecular complexity index is 544. The predicted octanol–water partition coefficient (Wildman–Crippen LogP) is 3.44. The van der Waals surface area contributed by atoms with Gasteiger partial charge < -0.3 is 19.9 Å². The number of likely N-dealkylation sites (tertiary alicyclic amines) is 1. The van der Waals surface area contributed by atoms with E-state index >= 15 is 0 Å². The van der Waals surface area contributed by atoms with Gasteiger partial charge in [-0.25, -0.2) is 0 Å². The first-order valence-electron chi connectivity index (χ1n) is 9.40. The SMILES string of the molecule is CN=C(NCCCN1CCC(C)CC1)N(C)Cc1ccccc1OC.I. The Balaban J connectivity index is 0.00000338. The lowest BCUT2D eigenvalue weighted by atomic mass is 9.99. The maximum Gasteiger partial charge on any atom is 0.193 e. The number of guanidine groups is 1. The number of benzene rings is 1. The minimum atomic E-state index is 0. The number of methoxy groups -OCH3 is 1. The van der Waals surface area contributed by atoms with E-state index in [2.05, 4.69) is 40.1 Å². The predicted molar refractivity (Wildman–Crippen MR) is 121 cm³/mol. The molecule has 1 saturated heterocycles. The number of rotatable bonds is 7. The summed E-state index contributed by atoms with van der Waals surface area (Å²) in [5, 5.41) is 3.48. The van der Waals surface area contributed by atoms with Crippen molar-refractivity contribution >= 4 is 29.9 Å². The molecule has 1 fully saturated rings. The smallest absolute Gasteiger partial charge is 0.193 e. The minimum absolute atomic E-state index is 0. The molecule has 1 aromatic carbocycles. The summed E-state index contributed by atoms with van der Waals surface area (Å²) in [6.45, 7) is 7.77. The van der Waals surface area contributed by atoms with Gasteiger partial charge in [-0.1, -0.05) is 25.1 Å². The third-order valence-corrected chi connectivity index (χ3v) is 4.98. The second-order valence-corrected chi connectivity index (χ2v) is 7.02. The van der Waals surface area contributed by atoms with Gasteiger partial charge in [-0.15, -0.1) is 24.0 Å². The van der Waals surface area contributed by atoms with Gasteiger partial charge in [0.25, 0.3) is 0 Å². The summed E-state index contributed by atoms with van der Waals surface area (Å²) < 4.78 is 5.44. The van der Waals surface area contributed by atoms with Gasteiger partial charge in [-0.3, -0.25) is 4.99 Å². The van der Waals surface area contributed by atoms with Crippen LogP contribution >= 0.6 is 24.0 Å². The summed E-state index contributed by atoms with van der Waals surface area (Å²) >= 11 is 0. The lowest BCUT2D eigenvalue weighted by Crippen LogP contribution is -2.40. The van der Waals surface area contributed by atoms with Crippen molar-refractivity contribution in [1.29, 1.82) is 0 Å². The second-order valence-electron chi connectivity index (χ2n) is 7.02. The fourth-order valence-electron chi connectivity index (χ4n) is 3.34. The highest BCUT2D eigenvalue weighted by Gasteiger charge is 2.15. The van der Waals surface area contributed by atoms with E-state index in [4.69, 9.17) is 4.74 Å². The van der Waals surface area contributed by atoms with Gasteiger partial charge in [-0.2, -0.15) is 0 Å². The zero-order chi connectivity index (χ0) is 18.1. The van der Waals surface area contributed by atoms with Crippen molar-refractivity contribution in [3.63, 3.8) is 0 Å². The van der Waals surface area contributed by atoms with Crippen molar-refractivity contribution in [3.05, 3.63) is 29.8 Å². The average Bonchev–Trinajstić information content (AvgIpc) is 2.63. The van der Waals surface area contributed by atoms with Crippen LogP contribution in [-0.4, -0.2) is 63.1 Å². The first kappa shape index (κ1) is 23.0. The van der Waals surface area contributed by atoms with Crippen LogP contribution in [0.15, 0.2) is 29.3 Å². The summed E-state index contributed by atoms with van der Waals surface area (Å²) in [5.41, 5.74) is 1.16. The number of halogens is 1. The highest BCUT2D eigenvalue weighted by Crippen LogP contribution is 2.18. The largest absolute Gasteiger partial charge is 0.496 e. The molecule has 1 aromatic rings. The molecular weight excluding hydrogens is 439 g/mol. The first-order valence-corrected chi connectivity index (χ1v) is 9.40. The van der Waals surface area contributed by atoms with Crippen molar-refractivity contribution in [2.45, 2.75) is 32.7 Å². The molecule has 0 atom stereocenters. The molecule has 1 N–H and O–H groups in total. The fraction of sp³-hybridized carbons (Fsp3) is 0.650. The monoisotopic (exact) mass is 474 g/mol. The molecule has 0 unspecified atom stereocenters. The van der Waals surface area contributed by atoms with Crippen LogP contribution in [-0.2, 0) is 6.54 Å². The van der Waals surface area contributed by atoms with Crippen molar-refractivity contribution in [2.75, 3.05) is 47.4 Å². The van der Waals surface area contributed by atoms with Crippen molar-refractivity contribution in [1.82, 2.24) is 15.1 Å². The molecule has 0 amide bonds. The fourth-order valence-corrected chi connectivity index (χ4v) is 3.34. The van der Waals surface area contributed by atoms with Crippen LogP contribution in [0, 0.1) is 5.92 Å². The molecule has 6 heteroatoms. The summed E-state index contributed by atoms with van der Waals surface area (Å²) in [4.78, 5) is 9.14. The molecule has 5 nitrogen and oxygen atoms in total. The van der Waals surface area contributed by atoms with Gasteiger partial charge in [0.1, 0.15) is 5.75 Å². The Morgan fingerprint density at radius 3 is 2.65 bits per heavy atom. The lowest BCUT2D eigenvalue weighted by molar-refractivity contribution is 0.191. The first-order chi connectivity index (χ1) is 12.1. The van der Waals surface area contributed by atoms with E-state index in [-0.39, 0.29) is 24.0 Å². The summed E-state index contributed by atoms with van der Waals surface area (Å²) in [6, 6.07) is 8.14. The highest BCUT2D eigenvalue weighted by molar-refractivity contribution is 14.0. The zero-order valence-corrected chi connectivity index (χ0v) is 19.0. The highest BCUT2D eigenvalue weighted by atomic mass is 127. The van der Waals surface area contributed by atoms with Gasteiger partial charge in [0.2, 0.25) is 0 Å². The number of piperidine rings is 1. The number of hydrogen-bond acceptors (Lipinski definition) is 3. The maximum absolute atomic E-state index is 5.44. The molecule has 148 valence electrons. The Labute approximate surface area is 176 Å². The third-order valence-electron chi connectivity index (χ3n) is 4.98. The zero-order valence-electron chi connectivity index (χ0n) is 16.7. The van der Waals surface area contributed by atoms with Crippen LogP contribution < -0.4 is 10.1 Å². The Kier molecular flexibility index (Phi) is 11.0. The van der Waals surface area contributed by atoms with Crippen molar-refractivity contribution in [3.8, 4) is 5.75 Å². The molecule has 0 spiro atoms. The lowest BCUT2D eigenvalue weighted by Gasteiger charge is -2.30. The van der Waals surface area contributed by atoms with Gasteiger partial charge in [-0.05, 0) is 50.9 Å². The third kappa shape index (κ3) is 7.31. The molecular formula is C20H35IN4O. The molecule has 1 aliphatic rings. The number of nitrogens with one attached hydrogen (secondary N) is 1. The molecule has 0 saturated carbocycles. The van der Waals surface area contributed by atoms with Crippen LogP contribution in [0.4, 0.5) is 0 Å². The van der Waals surface area contributed by atoms with Crippen LogP contribution in [0.25, 0.3) is 0 Å². The average molecular weight is 474 g/mol. The van der Waals surface area contributed by atoms with Gasteiger partial charge in [0.15, 0.2) is 5.96 Å². The molecule has 0 bridgehead atoms. The molecule has 26 heavy (non-hydrogen) atoms. The van der Waals surface area contributed by atoms with E-state index in [1.165, 1.54) is 32.5 Å². The van der Waals surface area contributed by atoms with Crippen LogP contribution in [0.5, 0.6) is 5.75 Å². The Morgan fingerprint density at radius 2 is 2.00 bits per heavy atom. The number of ether oxygens (including phenoxy) is 1. The molecule has 0 radical (unpaired) electrons. The maximum atomic E-state index is 5.44. The number of nitrogens with zero attached hydrogens (tertiary/aromatic N) is 3. The van der Waals surface area contributed by atoms with Crippen LogP contribution in [0.1, 0.15) is 31.7 Å². The quantitative estimate of drug-likeness (QED) is 0.285. The van der Waals surface area contributed by atoms with E-state index in [0.29, 0.717) is 0 Å². The molecule has 0 aliphatic carbocycles. The van der Waals surface area contributed by atoms with Gasteiger partial charge >= 0.3 is 0 Å². The van der Waals surface area contributed by atoms with Crippen molar-refractivity contribution < 1.29 is 4.74 Å². The van der Waals surface area contributed by atoms with E-state index in [0.717, 1.165) is 42.7 Å². The number of para-hydroxylation sites is 1. The van der Waals surface area contributed by atoms with E-state index in [9.17, 15) is 0 Å². The molecule has 2 rings (SSSR count). The molecule has 1 aliphatic heterocycles. The molecule has 1 heterocycles. The molecule has 0 aromatic heterocycles. The van der Waals surface area contributed by atoms with E-state index < -0.39 is 0 Å². The topological polar surface area (TPSA) is 40.1 Å². The van der Waals surface area contributed by atoms with Crippen LogP contribution in [0.2, 0.25) is 0 Å². The standard InChI is InChI=1S/C20H34N4O.HI/c1-17-10-14-24(15-11-17)13-7-12-22-20(21-2)23(3)16-18-8-5-6-9-19(18)25-4;/h5-6,8-9,17H,7,10-16H2,1-4H3,(H,21,22);1H. The van der Waals surface area contributed by atoms with E-state index in [1.807, 2.05) is 25.2 Å². The van der Waals surface area contributed by atoms with Crippen molar-refractivity contribution in [2.24, 2.45) is 10.9 Å². The van der Waals surface area contributed by atoms with Gasteiger partial charge in [0, 0.05) is 32.7 Å². The summed E-state index contributed by atoms with van der Waals surface area (Å²) in [6.07, 6.45) is 3.84. The van der Waals surface area contributed by atoms with Crippen LogP contribution in [0.3, 0.4) is 0 Å². The van der Waals surface area contributed by atoms with Gasteiger partial charge in [0.05, 0.1) is 7.11 Å². The second kappa shape index (κ2) is 12.4.